The Balaban J connectivity index is 1.83. The normalized spacial score (nSPS) is 16.1. The van der Waals surface area contributed by atoms with Crippen molar-refractivity contribution in [1.29, 1.82) is 0 Å². The van der Waals surface area contributed by atoms with Crippen LogP contribution in [0.5, 0.6) is 0 Å². The lowest BCUT2D eigenvalue weighted by atomic mass is 9.92. The van der Waals surface area contributed by atoms with E-state index in [1.165, 1.54) is 34.8 Å². The topological polar surface area (TPSA) is 93.2 Å². The zero-order valence-electron chi connectivity index (χ0n) is 17.8. The molecule has 2 aromatic rings. The number of alkyl halides is 2. The number of carbonyl (C=O) groups is 2. The van der Waals surface area contributed by atoms with Crippen molar-refractivity contribution in [2.75, 3.05) is 7.05 Å². The molecule has 1 aromatic heterocycles. The maximum atomic E-state index is 13.6. The van der Waals surface area contributed by atoms with Gasteiger partial charge in [-0.05, 0) is 38.0 Å². The van der Waals surface area contributed by atoms with Crippen LogP contribution in [0, 0.1) is 5.82 Å². The fourth-order valence-electron chi connectivity index (χ4n) is 3.79. The molecule has 32 heavy (non-hydrogen) atoms. The fourth-order valence-corrected chi connectivity index (χ4v) is 3.97. The number of aromatic nitrogens is 2. The number of nitrogens with two attached hydrogens (primary N) is 1. The molecule has 1 heterocycles. The highest BCUT2D eigenvalue weighted by atomic mass is 35.5. The van der Waals surface area contributed by atoms with Crippen LogP contribution in [0.15, 0.2) is 18.2 Å². The van der Waals surface area contributed by atoms with Crippen molar-refractivity contribution in [2.45, 2.75) is 57.7 Å². The van der Waals surface area contributed by atoms with Crippen LogP contribution in [-0.4, -0.2) is 45.6 Å². The molecule has 0 spiro atoms. The van der Waals surface area contributed by atoms with Crippen molar-refractivity contribution in [2.24, 2.45) is 5.73 Å². The Hall–Kier alpha value is -2.75. The van der Waals surface area contributed by atoms with Crippen LogP contribution in [0.4, 0.5) is 18.0 Å². The zero-order valence-corrected chi connectivity index (χ0v) is 18.6. The van der Waals surface area contributed by atoms with Crippen LogP contribution < -0.4 is 11.1 Å². The minimum absolute atomic E-state index is 0.00273. The molecule has 11 heteroatoms. The Labute approximate surface area is 188 Å². The summed E-state index contributed by atoms with van der Waals surface area (Å²) in [4.78, 5) is 26.3. The van der Waals surface area contributed by atoms with Gasteiger partial charge in [-0.1, -0.05) is 11.6 Å². The molecule has 1 aliphatic rings. The molecule has 7 nitrogen and oxygen atoms in total. The molecule has 1 fully saturated rings. The van der Waals surface area contributed by atoms with Gasteiger partial charge in [0.05, 0.1) is 22.8 Å². The maximum absolute atomic E-state index is 13.6. The van der Waals surface area contributed by atoms with Crippen LogP contribution in [0.25, 0.3) is 11.3 Å². The van der Waals surface area contributed by atoms with Crippen LogP contribution >= 0.6 is 11.6 Å². The second kappa shape index (κ2) is 9.40. The number of rotatable bonds is 6. The molecule has 1 aromatic carbocycles. The largest absolute Gasteiger partial charge is 0.365 e. The Bertz CT molecular complexity index is 1020. The molecular weight excluding hydrogens is 447 g/mol. The van der Waals surface area contributed by atoms with Crippen LogP contribution in [0.3, 0.4) is 0 Å². The molecule has 1 aliphatic carbocycles. The van der Waals surface area contributed by atoms with E-state index in [1.54, 1.807) is 0 Å². The number of nitrogens with zero attached hydrogens (tertiary/aromatic N) is 3. The summed E-state index contributed by atoms with van der Waals surface area (Å²) in [5.41, 5.74) is 6.78. The van der Waals surface area contributed by atoms with Crippen LogP contribution in [-0.2, 0) is 13.1 Å². The summed E-state index contributed by atoms with van der Waals surface area (Å²) >= 11 is 5.88. The lowest BCUT2D eigenvalue weighted by Crippen LogP contribution is -2.45. The van der Waals surface area contributed by atoms with Gasteiger partial charge in [-0.3, -0.25) is 9.48 Å². The summed E-state index contributed by atoms with van der Waals surface area (Å²) in [5, 5.41) is 7.07. The second-order valence-electron chi connectivity index (χ2n) is 7.91. The number of amides is 3. The summed E-state index contributed by atoms with van der Waals surface area (Å²) in [7, 11) is 1.53. The number of hydrogen-bond acceptors (Lipinski definition) is 3. The van der Waals surface area contributed by atoms with E-state index in [2.05, 4.69) is 10.4 Å². The van der Waals surface area contributed by atoms with E-state index in [1.807, 2.05) is 6.92 Å². The molecule has 174 valence electrons. The molecule has 0 bridgehead atoms. The van der Waals surface area contributed by atoms with Crippen molar-refractivity contribution < 1.29 is 22.8 Å². The molecule has 1 saturated carbocycles. The van der Waals surface area contributed by atoms with E-state index < -0.39 is 23.7 Å². The lowest BCUT2D eigenvalue weighted by molar-refractivity contribution is -0.0397. The Kier molecular flexibility index (Phi) is 7.02. The summed E-state index contributed by atoms with van der Waals surface area (Å²) in [6, 6.07) is 3.17. The van der Waals surface area contributed by atoms with Gasteiger partial charge in [0.15, 0.2) is 0 Å². The van der Waals surface area contributed by atoms with Gasteiger partial charge in [0.25, 0.3) is 5.91 Å². The predicted octanol–water partition coefficient (Wildman–Crippen LogP) is 4.18. The third-order valence-electron chi connectivity index (χ3n) is 5.57. The predicted molar refractivity (Wildman–Crippen MR) is 114 cm³/mol. The van der Waals surface area contributed by atoms with Gasteiger partial charge < -0.3 is 16.0 Å². The summed E-state index contributed by atoms with van der Waals surface area (Å²) in [5.74, 6) is -4.04. The Morgan fingerprint density at radius 2 is 2.00 bits per heavy atom. The number of urea groups is 1. The monoisotopic (exact) mass is 471 g/mol. The number of benzene rings is 1. The minimum atomic E-state index is -2.68. The van der Waals surface area contributed by atoms with Gasteiger partial charge in [0, 0.05) is 38.0 Å². The molecule has 0 aliphatic heterocycles. The number of hydrogen-bond donors (Lipinski definition) is 2. The molecule has 0 unspecified atom stereocenters. The molecule has 3 rings (SSSR count). The average Bonchev–Trinajstić information content (AvgIpc) is 3.10. The first-order valence-corrected chi connectivity index (χ1v) is 10.6. The van der Waals surface area contributed by atoms with Crippen molar-refractivity contribution >= 4 is 23.5 Å². The second-order valence-corrected chi connectivity index (χ2v) is 8.32. The van der Waals surface area contributed by atoms with E-state index in [0.29, 0.717) is 17.8 Å². The first-order chi connectivity index (χ1) is 15.0. The van der Waals surface area contributed by atoms with Crippen molar-refractivity contribution in [3.63, 3.8) is 0 Å². The number of halogens is 4. The highest BCUT2D eigenvalue weighted by Gasteiger charge is 2.35. The zero-order chi connectivity index (χ0) is 23.6. The van der Waals surface area contributed by atoms with Crippen LogP contribution in [0.1, 0.15) is 48.7 Å². The third-order valence-corrected chi connectivity index (χ3v) is 5.86. The molecule has 0 radical (unpaired) electrons. The number of carbonyl (C=O) groups excluding carboxylic acids is 2. The van der Waals surface area contributed by atoms with Crippen LogP contribution in [0.2, 0.25) is 5.02 Å². The van der Waals surface area contributed by atoms with E-state index in [-0.39, 0.29) is 54.5 Å². The first-order valence-electron chi connectivity index (χ1n) is 10.3. The molecule has 0 atom stereocenters. The van der Waals surface area contributed by atoms with Gasteiger partial charge >= 0.3 is 6.03 Å². The van der Waals surface area contributed by atoms with E-state index in [4.69, 9.17) is 17.3 Å². The highest BCUT2D eigenvalue weighted by molar-refractivity contribution is 6.31. The number of aryl methyl sites for hydroxylation is 1. The Morgan fingerprint density at radius 3 is 2.56 bits per heavy atom. The van der Waals surface area contributed by atoms with Crippen molar-refractivity contribution in [1.82, 2.24) is 20.0 Å². The van der Waals surface area contributed by atoms with Crippen molar-refractivity contribution in [3.05, 3.63) is 40.3 Å². The van der Waals surface area contributed by atoms with E-state index in [9.17, 15) is 22.8 Å². The third kappa shape index (κ3) is 5.17. The standard InChI is InChI=1S/C21H25ClF3N5O2/c1-3-30-16(11-29(2)20(32)27-13-6-8-21(24,25)9-7-13)17(19(26)31)18(28-30)12-4-5-15(23)14(22)10-12/h4-5,10,13H,3,6-9,11H2,1-2H3,(H2,26,31)(H,27,32). The molecule has 3 amide bonds. The minimum Gasteiger partial charge on any atom is -0.365 e. The van der Waals surface area contributed by atoms with Gasteiger partial charge in [0.2, 0.25) is 5.92 Å². The molecule has 0 saturated heterocycles. The quantitative estimate of drug-likeness (QED) is 0.661. The number of nitrogens with one attached hydrogen (secondary N) is 1. The van der Waals surface area contributed by atoms with E-state index in [0.717, 1.165) is 0 Å². The summed E-state index contributed by atoms with van der Waals surface area (Å²) < 4.78 is 41.8. The molecule has 3 N–H and O–H groups in total. The average molecular weight is 472 g/mol. The first kappa shape index (κ1) is 23.9. The lowest BCUT2D eigenvalue weighted by Gasteiger charge is -2.30. The maximum Gasteiger partial charge on any atom is 0.317 e. The highest BCUT2D eigenvalue weighted by Crippen LogP contribution is 2.33. The Morgan fingerprint density at radius 1 is 1.34 bits per heavy atom. The number of primary amides is 1. The fraction of sp³-hybridized carbons (Fsp3) is 0.476. The van der Waals surface area contributed by atoms with Gasteiger partial charge in [-0.15, -0.1) is 0 Å². The van der Waals surface area contributed by atoms with Gasteiger partial charge in [0.1, 0.15) is 11.5 Å². The smallest absolute Gasteiger partial charge is 0.317 e. The summed E-state index contributed by atoms with van der Waals surface area (Å²) in [6.45, 7) is 2.20. The molecular formula is C21H25ClF3N5O2. The SMILES string of the molecule is CCn1nc(-c2ccc(F)c(Cl)c2)c(C(N)=O)c1CN(C)C(=O)NC1CCC(F)(F)CC1. The van der Waals surface area contributed by atoms with Gasteiger partial charge in [-0.25, -0.2) is 18.0 Å². The van der Waals surface area contributed by atoms with Crippen molar-refractivity contribution in [3.8, 4) is 11.3 Å². The van der Waals surface area contributed by atoms with Gasteiger partial charge in [-0.2, -0.15) is 5.10 Å². The van der Waals surface area contributed by atoms with E-state index >= 15 is 0 Å². The summed E-state index contributed by atoms with van der Waals surface area (Å²) in [6.07, 6.45) is -0.137.